The number of nitrogens with two attached hydrogens (primary N) is 1. The van der Waals surface area contributed by atoms with E-state index >= 15 is 0 Å². The SMILES string of the molecule is CC(C)C[C@H](N)C(=O)N1CCOC(c2cnn(C)c2)C1. The average Bonchev–Trinajstić information content (AvgIpc) is 2.84. The molecule has 6 heteroatoms. The lowest BCUT2D eigenvalue weighted by Crippen LogP contribution is -2.49. The monoisotopic (exact) mass is 280 g/mol. The van der Waals surface area contributed by atoms with Crippen LogP contribution in [0.15, 0.2) is 12.4 Å². The third-order valence-electron chi connectivity index (χ3n) is 3.52. The first-order valence-electron chi connectivity index (χ1n) is 7.12. The Morgan fingerprint density at radius 3 is 2.95 bits per heavy atom. The number of hydrogen-bond acceptors (Lipinski definition) is 4. The molecule has 1 aromatic heterocycles. The lowest BCUT2D eigenvalue weighted by Gasteiger charge is -2.34. The Morgan fingerprint density at radius 1 is 1.60 bits per heavy atom. The van der Waals surface area contributed by atoms with Crippen molar-refractivity contribution in [2.45, 2.75) is 32.4 Å². The Kier molecular flexibility index (Phi) is 4.77. The summed E-state index contributed by atoms with van der Waals surface area (Å²) in [5.41, 5.74) is 6.99. The van der Waals surface area contributed by atoms with Crippen molar-refractivity contribution in [2.75, 3.05) is 19.7 Å². The zero-order valence-electron chi connectivity index (χ0n) is 12.5. The molecule has 1 saturated heterocycles. The Bertz CT molecular complexity index is 458. The van der Waals surface area contributed by atoms with E-state index in [9.17, 15) is 4.79 Å². The van der Waals surface area contributed by atoms with Gasteiger partial charge >= 0.3 is 0 Å². The highest BCUT2D eigenvalue weighted by atomic mass is 16.5. The largest absolute Gasteiger partial charge is 0.370 e. The van der Waals surface area contributed by atoms with E-state index in [-0.39, 0.29) is 12.0 Å². The third-order valence-corrected chi connectivity index (χ3v) is 3.52. The van der Waals surface area contributed by atoms with Crippen LogP contribution in [0.3, 0.4) is 0 Å². The fourth-order valence-corrected chi connectivity index (χ4v) is 2.50. The number of amides is 1. The molecule has 20 heavy (non-hydrogen) atoms. The molecule has 1 aliphatic rings. The first-order valence-corrected chi connectivity index (χ1v) is 7.12. The number of carbonyl (C=O) groups excluding carboxylic acids is 1. The molecule has 0 spiro atoms. The molecule has 2 atom stereocenters. The summed E-state index contributed by atoms with van der Waals surface area (Å²) >= 11 is 0. The van der Waals surface area contributed by atoms with E-state index in [0.717, 1.165) is 5.56 Å². The quantitative estimate of drug-likeness (QED) is 0.881. The maximum absolute atomic E-state index is 12.3. The molecule has 1 amide bonds. The van der Waals surface area contributed by atoms with Crippen molar-refractivity contribution in [2.24, 2.45) is 18.7 Å². The van der Waals surface area contributed by atoms with Gasteiger partial charge in [0.15, 0.2) is 0 Å². The molecule has 0 aromatic carbocycles. The van der Waals surface area contributed by atoms with Crippen LogP contribution in [0.25, 0.3) is 0 Å². The van der Waals surface area contributed by atoms with Crippen LogP contribution < -0.4 is 5.73 Å². The maximum atomic E-state index is 12.3. The fraction of sp³-hybridized carbons (Fsp3) is 0.714. The predicted octanol–water partition coefficient (Wildman–Crippen LogP) is 0.693. The fourth-order valence-electron chi connectivity index (χ4n) is 2.50. The highest BCUT2D eigenvalue weighted by molar-refractivity contribution is 5.81. The smallest absolute Gasteiger partial charge is 0.239 e. The molecule has 1 aromatic rings. The minimum atomic E-state index is -0.414. The van der Waals surface area contributed by atoms with Crippen LogP contribution in [-0.2, 0) is 16.6 Å². The Labute approximate surface area is 119 Å². The number of carbonyl (C=O) groups is 1. The van der Waals surface area contributed by atoms with Gasteiger partial charge in [-0.25, -0.2) is 0 Å². The summed E-state index contributed by atoms with van der Waals surface area (Å²) in [6.07, 6.45) is 4.32. The normalized spacial score (nSPS) is 21.2. The first-order chi connectivity index (χ1) is 9.47. The lowest BCUT2D eigenvalue weighted by molar-refractivity contribution is -0.140. The maximum Gasteiger partial charge on any atom is 0.239 e. The van der Waals surface area contributed by atoms with Crippen LogP contribution >= 0.6 is 0 Å². The molecular formula is C14H24N4O2. The van der Waals surface area contributed by atoms with Crippen LogP contribution in [0.4, 0.5) is 0 Å². The average molecular weight is 280 g/mol. The van der Waals surface area contributed by atoms with Gasteiger partial charge in [-0.1, -0.05) is 13.8 Å². The standard InChI is InChI=1S/C14H24N4O2/c1-10(2)6-12(15)14(19)18-4-5-20-13(9-18)11-7-16-17(3)8-11/h7-8,10,12-13H,4-6,9,15H2,1-3H3/t12-,13?/m0/s1. The van der Waals surface area contributed by atoms with Crippen LogP contribution in [0.1, 0.15) is 31.9 Å². The van der Waals surface area contributed by atoms with Gasteiger partial charge in [-0.3, -0.25) is 9.48 Å². The highest BCUT2D eigenvalue weighted by Crippen LogP contribution is 2.22. The minimum absolute atomic E-state index is 0.0240. The van der Waals surface area contributed by atoms with Gasteiger partial charge in [0, 0.05) is 25.4 Å². The van der Waals surface area contributed by atoms with Crippen LogP contribution in [0.5, 0.6) is 0 Å². The van der Waals surface area contributed by atoms with E-state index in [4.69, 9.17) is 10.5 Å². The second kappa shape index (κ2) is 6.37. The molecule has 1 unspecified atom stereocenters. The van der Waals surface area contributed by atoms with Crippen molar-refractivity contribution in [3.05, 3.63) is 18.0 Å². The van der Waals surface area contributed by atoms with Gasteiger partial charge in [-0.15, -0.1) is 0 Å². The van der Waals surface area contributed by atoms with Crippen molar-refractivity contribution in [3.8, 4) is 0 Å². The Hall–Kier alpha value is -1.40. The van der Waals surface area contributed by atoms with Crippen molar-refractivity contribution in [1.29, 1.82) is 0 Å². The first kappa shape index (κ1) is 15.0. The van der Waals surface area contributed by atoms with Gasteiger partial charge in [-0.2, -0.15) is 5.10 Å². The molecule has 0 bridgehead atoms. The van der Waals surface area contributed by atoms with Gasteiger partial charge in [0.1, 0.15) is 6.10 Å². The van der Waals surface area contributed by atoms with E-state index in [2.05, 4.69) is 18.9 Å². The molecule has 1 fully saturated rings. The molecule has 6 nitrogen and oxygen atoms in total. The summed E-state index contributed by atoms with van der Waals surface area (Å²) in [7, 11) is 1.87. The van der Waals surface area contributed by atoms with Crippen molar-refractivity contribution in [1.82, 2.24) is 14.7 Å². The van der Waals surface area contributed by atoms with Crippen LogP contribution in [0, 0.1) is 5.92 Å². The Balaban J connectivity index is 1.98. The molecule has 2 heterocycles. The minimum Gasteiger partial charge on any atom is -0.370 e. The lowest BCUT2D eigenvalue weighted by atomic mass is 10.0. The molecule has 1 aliphatic heterocycles. The van der Waals surface area contributed by atoms with Crippen molar-refractivity contribution < 1.29 is 9.53 Å². The summed E-state index contributed by atoms with van der Waals surface area (Å²) in [4.78, 5) is 14.2. The zero-order chi connectivity index (χ0) is 14.7. The molecule has 2 rings (SSSR count). The molecule has 2 N–H and O–H groups in total. The zero-order valence-corrected chi connectivity index (χ0v) is 12.5. The van der Waals surface area contributed by atoms with Gasteiger partial charge in [0.2, 0.25) is 5.91 Å². The predicted molar refractivity (Wildman–Crippen MR) is 75.9 cm³/mol. The van der Waals surface area contributed by atoms with Gasteiger partial charge < -0.3 is 15.4 Å². The summed E-state index contributed by atoms with van der Waals surface area (Å²) in [5, 5.41) is 4.14. The van der Waals surface area contributed by atoms with Gasteiger partial charge in [-0.05, 0) is 12.3 Å². The summed E-state index contributed by atoms with van der Waals surface area (Å²) in [6, 6.07) is -0.414. The second-order valence-corrected chi connectivity index (χ2v) is 5.83. The molecule has 0 aliphatic carbocycles. The number of nitrogens with zero attached hydrogens (tertiary/aromatic N) is 3. The molecule has 0 saturated carbocycles. The number of aryl methyl sites for hydroxylation is 1. The van der Waals surface area contributed by atoms with Crippen molar-refractivity contribution >= 4 is 5.91 Å². The highest BCUT2D eigenvalue weighted by Gasteiger charge is 2.29. The van der Waals surface area contributed by atoms with Crippen LogP contribution in [-0.4, -0.2) is 46.3 Å². The number of aromatic nitrogens is 2. The number of hydrogen-bond donors (Lipinski definition) is 1. The number of ether oxygens (including phenoxy) is 1. The van der Waals surface area contributed by atoms with E-state index < -0.39 is 6.04 Å². The van der Waals surface area contributed by atoms with E-state index in [1.54, 1.807) is 10.9 Å². The topological polar surface area (TPSA) is 73.4 Å². The van der Waals surface area contributed by atoms with Crippen LogP contribution in [0.2, 0.25) is 0 Å². The summed E-state index contributed by atoms with van der Waals surface area (Å²) < 4.78 is 7.47. The van der Waals surface area contributed by atoms with Crippen molar-refractivity contribution in [3.63, 3.8) is 0 Å². The van der Waals surface area contributed by atoms with Gasteiger partial charge in [0.25, 0.3) is 0 Å². The molecule has 0 radical (unpaired) electrons. The summed E-state index contributed by atoms with van der Waals surface area (Å²) in [6.45, 7) is 5.85. The second-order valence-electron chi connectivity index (χ2n) is 5.83. The van der Waals surface area contributed by atoms with Gasteiger partial charge in [0.05, 0.1) is 25.4 Å². The number of rotatable bonds is 4. The molecular weight excluding hydrogens is 256 g/mol. The van der Waals surface area contributed by atoms with E-state index in [1.807, 2.05) is 18.1 Å². The summed E-state index contributed by atoms with van der Waals surface area (Å²) in [5.74, 6) is 0.444. The number of morpholine rings is 1. The van der Waals surface area contributed by atoms with E-state index in [1.165, 1.54) is 0 Å². The third kappa shape index (κ3) is 3.58. The van der Waals surface area contributed by atoms with E-state index in [0.29, 0.717) is 32.0 Å². The Morgan fingerprint density at radius 2 is 2.35 bits per heavy atom. The molecule has 112 valence electrons.